The molecule has 1 unspecified atom stereocenters. The average Bonchev–Trinajstić information content (AvgIpc) is 2.44. The van der Waals surface area contributed by atoms with E-state index in [0.717, 1.165) is 23.6 Å². The number of rotatable bonds is 5. The fraction of sp³-hybridized carbons (Fsp3) is 0.294. The van der Waals surface area contributed by atoms with E-state index >= 15 is 0 Å². The van der Waals surface area contributed by atoms with Crippen molar-refractivity contribution in [1.29, 1.82) is 0 Å². The van der Waals surface area contributed by atoms with Crippen molar-refractivity contribution >= 4 is 11.6 Å². The van der Waals surface area contributed by atoms with Crippen LogP contribution in [0.4, 0.5) is 0 Å². The number of hydrogen-bond acceptors (Lipinski definition) is 2. The molecule has 3 heteroatoms. The zero-order valence-corrected chi connectivity index (χ0v) is 12.9. The molecule has 2 aromatic rings. The van der Waals surface area contributed by atoms with Crippen LogP contribution in [0.15, 0.2) is 42.5 Å². The molecule has 0 aliphatic heterocycles. The molecule has 2 aromatic carbocycles. The van der Waals surface area contributed by atoms with Crippen LogP contribution in [0.25, 0.3) is 0 Å². The lowest BCUT2D eigenvalue weighted by Gasteiger charge is -2.14. The van der Waals surface area contributed by atoms with Gasteiger partial charge in [-0.25, -0.2) is 0 Å². The molecule has 0 radical (unpaired) electrons. The summed E-state index contributed by atoms with van der Waals surface area (Å²) in [6.45, 7) is 7.23. The summed E-state index contributed by atoms with van der Waals surface area (Å²) in [7, 11) is 0. The molecule has 20 heavy (non-hydrogen) atoms. The smallest absolute Gasteiger partial charge is 0.131 e. The fourth-order valence-corrected chi connectivity index (χ4v) is 2.22. The minimum atomic E-state index is 0.349. The lowest BCUT2D eigenvalue weighted by molar-refractivity contribution is 0.478. The van der Waals surface area contributed by atoms with Gasteiger partial charge in [0.15, 0.2) is 0 Å². The second-order valence-electron chi connectivity index (χ2n) is 4.86. The van der Waals surface area contributed by atoms with Crippen LogP contribution in [0.5, 0.6) is 11.5 Å². The Morgan fingerprint density at radius 3 is 2.50 bits per heavy atom. The maximum absolute atomic E-state index is 6.00. The molecule has 0 spiro atoms. The molecule has 0 aliphatic rings. The highest BCUT2D eigenvalue weighted by Crippen LogP contribution is 2.28. The minimum absolute atomic E-state index is 0.349. The van der Waals surface area contributed by atoms with Crippen LogP contribution in [-0.2, 0) is 0 Å². The van der Waals surface area contributed by atoms with Gasteiger partial charge in [0.05, 0.1) is 0 Å². The van der Waals surface area contributed by atoms with Gasteiger partial charge in [-0.3, -0.25) is 0 Å². The topological polar surface area (TPSA) is 21.3 Å². The molecule has 0 bridgehead atoms. The van der Waals surface area contributed by atoms with Gasteiger partial charge in [-0.15, -0.1) is 0 Å². The molecule has 1 N–H and O–H groups in total. The summed E-state index contributed by atoms with van der Waals surface area (Å²) in [5.74, 6) is 1.62. The van der Waals surface area contributed by atoms with Gasteiger partial charge >= 0.3 is 0 Å². The Hall–Kier alpha value is -1.51. The Labute approximate surface area is 125 Å². The van der Waals surface area contributed by atoms with Crippen molar-refractivity contribution in [3.05, 3.63) is 58.6 Å². The zero-order valence-electron chi connectivity index (χ0n) is 12.1. The lowest BCUT2D eigenvalue weighted by Crippen LogP contribution is -2.17. The molecule has 2 rings (SSSR count). The number of hydrogen-bond donors (Lipinski definition) is 1. The van der Waals surface area contributed by atoms with Crippen LogP contribution in [0, 0.1) is 6.92 Å². The molecule has 1 atom stereocenters. The van der Waals surface area contributed by atoms with Gasteiger partial charge in [-0.1, -0.05) is 36.7 Å². The molecular formula is C17H20ClNO. The Morgan fingerprint density at radius 1 is 1.15 bits per heavy atom. The van der Waals surface area contributed by atoms with Gasteiger partial charge in [0.1, 0.15) is 11.5 Å². The maximum Gasteiger partial charge on any atom is 0.131 e. The molecule has 2 nitrogen and oxygen atoms in total. The van der Waals surface area contributed by atoms with Crippen LogP contribution in [0.1, 0.15) is 31.0 Å². The van der Waals surface area contributed by atoms with Crippen LogP contribution in [-0.4, -0.2) is 6.54 Å². The first-order chi connectivity index (χ1) is 9.60. The zero-order chi connectivity index (χ0) is 14.5. The Balaban J connectivity index is 2.12. The van der Waals surface area contributed by atoms with E-state index in [1.165, 1.54) is 5.56 Å². The van der Waals surface area contributed by atoms with Gasteiger partial charge in [0.25, 0.3) is 0 Å². The normalized spacial score (nSPS) is 12.2. The van der Waals surface area contributed by atoms with Crippen LogP contribution in [0.3, 0.4) is 0 Å². The van der Waals surface area contributed by atoms with Gasteiger partial charge in [-0.2, -0.15) is 0 Å². The highest BCUT2D eigenvalue weighted by Gasteiger charge is 2.05. The van der Waals surface area contributed by atoms with Crippen molar-refractivity contribution in [2.45, 2.75) is 26.8 Å². The van der Waals surface area contributed by atoms with E-state index in [4.69, 9.17) is 16.3 Å². The van der Waals surface area contributed by atoms with Gasteiger partial charge in [-0.05, 0) is 55.8 Å². The first-order valence-electron chi connectivity index (χ1n) is 6.87. The summed E-state index contributed by atoms with van der Waals surface area (Å²) in [6.07, 6.45) is 0. The van der Waals surface area contributed by atoms with Crippen molar-refractivity contribution in [1.82, 2.24) is 5.32 Å². The monoisotopic (exact) mass is 289 g/mol. The average molecular weight is 290 g/mol. The van der Waals surface area contributed by atoms with Crippen molar-refractivity contribution in [2.75, 3.05) is 6.54 Å². The number of aryl methyl sites for hydroxylation is 1. The molecule has 0 fully saturated rings. The van der Waals surface area contributed by atoms with Crippen LogP contribution < -0.4 is 10.1 Å². The summed E-state index contributed by atoms with van der Waals surface area (Å²) in [5, 5.41) is 4.07. The summed E-state index contributed by atoms with van der Waals surface area (Å²) in [4.78, 5) is 0. The predicted molar refractivity (Wildman–Crippen MR) is 84.8 cm³/mol. The quantitative estimate of drug-likeness (QED) is 0.826. The van der Waals surface area contributed by atoms with E-state index < -0.39 is 0 Å². The molecule has 0 saturated carbocycles. The van der Waals surface area contributed by atoms with Gasteiger partial charge < -0.3 is 10.1 Å². The van der Waals surface area contributed by atoms with E-state index in [1.807, 2.05) is 37.3 Å². The van der Waals surface area contributed by atoms with Crippen molar-refractivity contribution < 1.29 is 4.74 Å². The number of halogens is 1. The third-order valence-electron chi connectivity index (χ3n) is 3.27. The standard InChI is InChI=1S/C17H20ClNO/c1-4-19-13(3)14-6-9-16(10-7-14)20-17-11-15(18)8-5-12(17)2/h5-11,13,19H,4H2,1-3H3. The molecule has 0 saturated heterocycles. The third-order valence-corrected chi connectivity index (χ3v) is 3.50. The van der Waals surface area contributed by atoms with Crippen molar-refractivity contribution in [3.8, 4) is 11.5 Å². The lowest BCUT2D eigenvalue weighted by atomic mass is 10.1. The molecule has 0 aliphatic carbocycles. The summed E-state index contributed by atoms with van der Waals surface area (Å²) < 4.78 is 5.88. The predicted octanol–water partition coefficient (Wildman–Crippen LogP) is 5.11. The summed E-state index contributed by atoms with van der Waals surface area (Å²) in [5.41, 5.74) is 2.32. The van der Waals surface area contributed by atoms with Gasteiger partial charge in [0.2, 0.25) is 0 Å². The SMILES string of the molecule is CCNC(C)c1ccc(Oc2cc(Cl)ccc2C)cc1. The maximum atomic E-state index is 6.00. The van der Waals surface area contributed by atoms with Crippen LogP contribution >= 0.6 is 11.6 Å². The number of benzene rings is 2. The largest absolute Gasteiger partial charge is 0.457 e. The van der Waals surface area contributed by atoms with Crippen molar-refractivity contribution in [3.63, 3.8) is 0 Å². The number of ether oxygens (including phenoxy) is 1. The first-order valence-corrected chi connectivity index (χ1v) is 7.25. The van der Waals surface area contributed by atoms with E-state index in [2.05, 4.69) is 31.3 Å². The van der Waals surface area contributed by atoms with Crippen LogP contribution in [0.2, 0.25) is 5.02 Å². The van der Waals surface area contributed by atoms with E-state index in [-0.39, 0.29) is 0 Å². The molecular weight excluding hydrogens is 270 g/mol. The second kappa shape index (κ2) is 6.78. The first kappa shape index (κ1) is 14.9. The molecule has 0 aromatic heterocycles. The van der Waals surface area contributed by atoms with E-state index in [0.29, 0.717) is 11.1 Å². The van der Waals surface area contributed by atoms with E-state index in [1.54, 1.807) is 0 Å². The summed E-state index contributed by atoms with van der Waals surface area (Å²) >= 11 is 6.00. The van der Waals surface area contributed by atoms with E-state index in [9.17, 15) is 0 Å². The second-order valence-corrected chi connectivity index (χ2v) is 5.30. The minimum Gasteiger partial charge on any atom is -0.457 e. The Bertz CT molecular complexity index is 566. The number of nitrogens with one attached hydrogen (secondary N) is 1. The molecule has 0 amide bonds. The Morgan fingerprint density at radius 2 is 1.85 bits per heavy atom. The van der Waals surface area contributed by atoms with Crippen molar-refractivity contribution in [2.24, 2.45) is 0 Å². The third kappa shape index (κ3) is 3.75. The fourth-order valence-electron chi connectivity index (χ4n) is 2.06. The highest BCUT2D eigenvalue weighted by molar-refractivity contribution is 6.30. The highest BCUT2D eigenvalue weighted by atomic mass is 35.5. The molecule has 0 heterocycles. The summed E-state index contributed by atoms with van der Waals surface area (Å²) in [6, 6.07) is 14.2. The Kier molecular flexibility index (Phi) is 5.05. The molecule has 106 valence electrons. The van der Waals surface area contributed by atoms with Gasteiger partial charge in [0, 0.05) is 11.1 Å².